The molecule has 0 saturated carbocycles. The van der Waals surface area contributed by atoms with Gasteiger partial charge in [0, 0.05) is 53.3 Å². The van der Waals surface area contributed by atoms with Gasteiger partial charge in [0.25, 0.3) is 0 Å². The van der Waals surface area contributed by atoms with Crippen molar-refractivity contribution in [3.05, 3.63) is 170 Å². The Morgan fingerprint density at radius 2 is 1.00 bits per heavy atom. The van der Waals surface area contributed by atoms with E-state index in [-0.39, 0.29) is 23.5 Å². The van der Waals surface area contributed by atoms with E-state index in [2.05, 4.69) is 65.2 Å². The molecule has 10 rings (SSSR count). The fourth-order valence-corrected chi connectivity index (χ4v) is 7.90. The summed E-state index contributed by atoms with van der Waals surface area (Å²) in [6.07, 6.45) is 0. The maximum Gasteiger partial charge on any atom is 0.164 e. The van der Waals surface area contributed by atoms with Gasteiger partial charge in [-0.25, -0.2) is 15.0 Å². The normalized spacial score (nSPS) is 13.0. The summed E-state index contributed by atoms with van der Waals surface area (Å²) in [6, 6.07) is 45.3. The van der Waals surface area contributed by atoms with Gasteiger partial charge >= 0.3 is 0 Å². The lowest BCUT2D eigenvalue weighted by molar-refractivity contribution is 1.07. The number of hydrogen-bond donors (Lipinski definition) is 0. The van der Waals surface area contributed by atoms with E-state index in [1.54, 1.807) is 0 Å². The maximum atomic E-state index is 8.70. The molecule has 10 aromatic rings. The Hall–Kier alpha value is -6.43. The highest BCUT2D eigenvalue weighted by molar-refractivity contribution is 7.25. The number of fused-ring (bicyclic) bond motifs is 6. The van der Waals surface area contributed by atoms with E-state index in [1.165, 1.54) is 30.9 Å². The van der Waals surface area contributed by atoms with Crippen LogP contribution in [-0.2, 0) is 0 Å². The van der Waals surface area contributed by atoms with Crippen molar-refractivity contribution < 1.29 is 6.85 Å². The highest BCUT2D eigenvalue weighted by Gasteiger charge is 2.17. The molecule has 3 aromatic heterocycles. The molecule has 0 aliphatic carbocycles. The third kappa shape index (κ3) is 4.79. The summed E-state index contributed by atoms with van der Waals surface area (Å²) in [7, 11) is 0. The average Bonchev–Trinajstić information content (AvgIpc) is 3.76. The molecule has 0 aliphatic heterocycles. The van der Waals surface area contributed by atoms with Gasteiger partial charge in [0.2, 0.25) is 0 Å². The van der Waals surface area contributed by atoms with Gasteiger partial charge in [0.15, 0.2) is 17.5 Å². The molecule has 0 spiro atoms. The van der Waals surface area contributed by atoms with Crippen LogP contribution in [0.3, 0.4) is 0 Å². The van der Waals surface area contributed by atoms with Crippen LogP contribution in [0.2, 0.25) is 0 Å². The quantitative estimate of drug-likeness (QED) is 0.184. The molecule has 0 amide bonds. The van der Waals surface area contributed by atoms with Gasteiger partial charge in [-0.05, 0) is 59.7 Å². The fraction of sp³-hybridized carbons (Fsp3) is 0. The van der Waals surface area contributed by atoms with E-state index in [0.717, 1.165) is 27.8 Å². The summed E-state index contributed by atoms with van der Waals surface area (Å²) in [5.74, 6) is 0.645. The van der Waals surface area contributed by atoms with Gasteiger partial charge in [-0.1, -0.05) is 121 Å². The van der Waals surface area contributed by atoms with Crippen LogP contribution in [0.1, 0.15) is 6.85 Å². The second kappa shape index (κ2) is 11.6. The van der Waals surface area contributed by atoms with Gasteiger partial charge in [0.05, 0.1) is 17.9 Å². The Kier molecular flexibility index (Phi) is 5.54. The average molecular weight is 662 g/mol. The van der Waals surface area contributed by atoms with Gasteiger partial charge in [-0.3, -0.25) is 0 Å². The molecule has 0 N–H and O–H groups in total. The molecule has 0 fully saturated rings. The van der Waals surface area contributed by atoms with E-state index in [1.807, 2.05) is 90.2 Å². The third-order valence-corrected chi connectivity index (χ3v) is 10.3. The summed E-state index contributed by atoms with van der Waals surface area (Å²) in [5, 5.41) is 4.82. The van der Waals surface area contributed by atoms with Crippen LogP contribution in [0.4, 0.5) is 0 Å². The summed E-state index contributed by atoms with van der Waals surface area (Å²) < 4.78 is 47.0. The van der Waals surface area contributed by atoms with Gasteiger partial charge < -0.3 is 4.57 Å². The summed E-state index contributed by atoms with van der Waals surface area (Å²) in [6.45, 7) is 0. The molecule has 0 saturated heterocycles. The Labute approximate surface area is 299 Å². The van der Waals surface area contributed by atoms with E-state index in [4.69, 9.17) is 21.8 Å². The van der Waals surface area contributed by atoms with Gasteiger partial charge in [-0.15, -0.1) is 11.3 Å². The third-order valence-electron chi connectivity index (χ3n) is 9.16. The monoisotopic (exact) mass is 661 g/mol. The van der Waals surface area contributed by atoms with Crippen molar-refractivity contribution in [1.29, 1.82) is 0 Å². The molecule has 234 valence electrons. The van der Waals surface area contributed by atoms with E-state index in [0.29, 0.717) is 22.8 Å². The molecule has 0 radical (unpaired) electrons. The van der Waals surface area contributed by atoms with Crippen LogP contribution in [0.15, 0.2) is 170 Å². The molecule has 50 heavy (non-hydrogen) atoms. The minimum atomic E-state index is -0.474. The molecular formula is C45H28N4S. The SMILES string of the molecule is [2H]c1c([2H])c([2H])c(-c2nc(-c3ccc(-c4ccccc4)cc3)nc(-c3ccc(-n4c5ccccc5c5cc6sc7ccccc7c6cc54)cc3)n2)c([2H])c1[2H]. The largest absolute Gasteiger partial charge is 0.309 e. The van der Waals surface area contributed by atoms with E-state index < -0.39 is 18.1 Å². The number of hydrogen-bond acceptors (Lipinski definition) is 4. The summed E-state index contributed by atoms with van der Waals surface area (Å²) in [5.41, 5.74) is 6.57. The first-order valence-electron chi connectivity index (χ1n) is 18.8. The highest BCUT2D eigenvalue weighted by atomic mass is 32.1. The van der Waals surface area contributed by atoms with Crippen LogP contribution in [-0.4, -0.2) is 19.5 Å². The van der Waals surface area contributed by atoms with E-state index >= 15 is 0 Å². The standard InChI is InChI=1S/C45H28N4S/c1-3-11-29(12-4-1)30-19-21-32(22-20-30)44-46-43(31-13-5-2-6-14-31)47-45(48-44)33-23-25-34(26-24-33)49-39-17-9-7-15-35(39)37-28-42-38(27-40(37)49)36-16-8-10-18-41(36)50-42/h1-28H/i2D,5D,6D,13D,14D. The number of thiophene rings is 1. The van der Waals surface area contributed by atoms with Crippen molar-refractivity contribution in [2.24, 2.45) is 0 Å². The molecule has 5 heteroatoms. The number of benzene rings is 7. The molecule has 0 aliphatic rings. The Morgan fingerprint density at radius 3 is 1.74 bits per heavy atom. The van der Waals surface area contributed by atoms with Gasteiger partial charge in [0.1, 0.15) is 0 Å². The number of para-hydroxylation sites is 1. The zero-order valence-corrected chi connectivity index (χ0v) is 27.3. The summed E-state index contributed by atoms with van der Waals surface area (Å²) in [4.78, 5) is 14.4. The molecule has 4 nitrogen and oxygen atoms in total. The lowest BCUT2D eigenvalue weighted by Gasteiger charge is -2.11. The zero-order chi connectivity index (χ0) is 37.4. The second-order valence-corrected chi connectivity index (χ2v) is 13.2. The van der Waals surface area contributed by atoms with Crippen LogP contribution >= 0.6 is 11.3 Å². The number of nitrogens with zero attached hydrogens (tertiary/aromatic N) is 4. The lowest BCUT2D eigenvalue weighted by Crippen LogP contribution is -2.00. The molecular weight excluding hydrogens is 629 g/mol. The van der Waals surface area contributed by atoms with Crippen molar-refractivity contribution in [2.75, 3.05) is 0 Å². The predicted octanol–water partition coefficient (Wildman–Crippen LogP) is 12.0. The Morgan fingerprint density at radius 1 is 0.420 bits per heavy atom. The molecule has 3 heterocycles. The number of rotatable bonds is 5. The van der Waals surface area contributed by atoms with Crippen molar-refractivity contribution >= 4 is 53.3 Å². The highest BCUT2D eigenvalue weighted by Crippen LogP contribution is 2.40. The van der Waals surface area contributed by atoms with Crippen LogP contribution in [0.5, 0.6) is 0 Å². The smallest absolute Gasteiger partial charge is 0.164 e. The van der Waals surface area contributed by atoms with E-state index in [9.17, 15) is 0 Å². The van der Waals surface area contributed by atoms with Gasteiger partial charge in [-0.2, -0.15) is 0 Å². The van der Waals surface area contributed by atoms with Crippen LogP contribution in [0.25, 0.3) is 93.0 Å². The van der Waals surface area contributed by atoms with Crippen molar-refractivity contribution in [3.8, 4) is 51.0 Å². The first kappa shape index (κ1) is 23.8. The minimum Gasteiger partial charge on any atom is -0.309 e. The predicted molar refractivity (Wildman–Crippen MR) is 209 cm³/mol. The topological polar surface area (TPSA) is 43.6 Å². The van der Waals surface area contributed by atoms with Crippen molar-refractivity contribution in [1.82, 2.24) is 19.5 Å². The molecule has 0 atom stereocenters. The first-order chi connectivity index (χ1) is 26.8. The maximum absolute atomic E-state index is 8.70. The lowest BCUT2D eigenvalue weighted by atomic mass is 10.0. The summed E-state index contributed by atoms with van der Waals surface area (Å²) >= 11 is 1.81. The minimum absolute atomic E-state index is 0.00242. The molecule has 0 unspecified atom stereocenters. The molecule has 0 bridgehead atoms. The first-order valence-corrected chi connectivity index (χ1v) is 17.1. The van der Waals surface area contributed by atoms with Crippen molar-refractivity contribution in [2.45, 2.75) is 0 Å². The van der Waals surface area contributed by atoms with Crippen LogP contribution in [0, 0.1) is 0 Å². The Bertz CT molecular complexity index is 3110. The molecule has 7 aromatic carbocycles. The Balaban J connectivity index is 1.13. The fourth-order valence-electron chi connectivity index (χ4n) is 6.77. The second-order valence-electron chi connectivity index (χ2n) is 12.1. The number of aromatic nitrogens is 4. The van der Waals surface area contributed by atoms with Crippen molar-refractivity contribution in [3.63, 3.8) is 0 Å². The zero-order valence-electron chi connectivity index (χ0n) is 31.5. The van der Waals surface area contributed by atoms with Crippen LogP contribution < -0.4 is 0 Å².